The predicted molar refractivity (Wildman–Crippen MR) is 105 cm³/mol. The van der Waals surface area contributed by atoms with Gasteiger partial charge in [-0.2, -0.15) is 0 Å². The van der Waals surface area contributed by atoms with Crippen LogP contribution in [0.1, 0.15) is 51.0 Å². The molecule has 3 rings (SSSR count). The first-order chi connectivity index (χ1) is 12.7. The maximum absolute atomic E-state index is 13.3. The van der Waals surface area contributed by atoms with Crippen molar-refractivity contribution in [1.82, 2.24) is 4.90 Å². The maximum Gasteiger partial charge on any atom is 0.316 e. The molecule has 1 aromatic rings. The third kappa shape index (κ3) is 4.37. The summed E-state index contributed by atoms with van der Waals surface area (Å²) in [6.07, 6.45) is 7.19. The van der Waals surface area contributed by atoms with Crippen molar-refractivity contribution in [2.75, 3.05) is 26.4 Å². The molecular weight excluding hydrogens is 362 g/mol. The van der Waals surface area contributed by atoms with Crippen molar-refractivity contribution in [3.8, 4) is 0 Å². The lowest BCUT2D eigenvalue weighted by Crippen LogP contribution is -2.44. The molecule has 2 aliphatic rings. The van der Waals surface area contributed by atoms with Crippen molar-refractivity contribution < 1.29 is 17.9 Å². The average molecular weight is 394 g/mol. The molecule has 1 aliphatic heterocycles. The van der Waals surface area contributed by atoms with Crippen LogP contribution in [0.5, 0.6) is 0 Å². The molecule has 1 saturated carbocycles. The van der Waals surface area contributed by atoms with Gasteiger partial charge in [0.2, 0.25) is 0 Å². The van der Waals surface area contributed by atoms with E-state index in [2.05, 4.69) is 11.9 Å². The van der Waals surface area contributed by atoms with Gasteiger partial charge in [-0.05, 0) is 63.3 Å². The molecule has 5 nitrogen and oxygen atoms in total. The number of rotatable bonds is 5. The van der Waals surface area contributed by atoms with E-state index in [1.54, 1.807) is 24.3 Å². The van der Waals surface area contributed by atoms with Crippen LogP contribution in [0.3, 0.4) is 0 Å². The average Bonchev–Trinajstić information content (AvgIpc) is 3.17. The van der Waals surface area contributed by atoms with E-state index in [-0.39, 0.29) is 22.9 Å². The molecule has 1 heterocycles. The zero-order valence-corrected chi connectivity index (χ0v) is 17.4. The highest BCUT2D eigenvalue weighted by molar-refractivity contribution is 7.90. The summed E-state index contributed by atoms with van der Waals surface area (Å²) in [7, 11) is -1.17. The number of ether oxygens (including phenoxy) is 1. The maximum atomic E-state index is 13.3. The Balaban J connectivity index is 1.86. The zero-order chi connectivity index (χ0) is 19.7. The smallest absolute Gasteiger partial charge is 0.316 e. The van der Waals surface area contributed by atoms with Crippen LogP contribution in [-0.4, -0.2) is 51.8 Å². The molecule has 0 bridgehead atoms. The number of sulfone groups is 1. The Hall–Kier alpha value is -1.40. The number of likely N-dealkylation sites (tertiary alicyclic amines) is 1. The van der Waals surface area contributed by atoms with Gasteiger partial charge in [0.05, 0.1) is 10.3 Å². The second-order valence-electron chi connectivity index (χ2n) is 8.39. The fourth-order valence-electron chi connectivity index (χ4n) is 4.45. The summed E-state index contributed by atoms with van der Waals surface area (Å²) in [5, 5.41) is 0. The SMILES string of the molecule is CN1CCC(OC(=O)C(C)(c2ccc(S(C)(=O)=O)cc2)C2CCCC2)CC1. The molecule has 1 atom stereocenters. The summed E-state index contributed by atoms with van der Waals surface area (Å²) in [6.45, 7) is 3.87. The van der Waals surface area contributed by atoms with Gasteiger partial charge in [0.25, 0.3) is 0 Å². The lowest BCUT2D eigenvalue weighted by atomic mass is 9.71. The van der Waals surface area contributed by atoms with Gasteiger partial charge < -0.3 is 9.64 Å². The largest absolute Gasteiger partial charge is 0.462 e. The van der Waals surface area contributed by atoms with Crippen LogP contribution in [0.4, 0.5) is 0 Å². The van der Waals surface area contributed by atoms with Crippen molar-refractivity contribution in [3.63, 3.8) is 0 Å². The first-order valence-corrected chi connectivity index (χ1v) is 11.8. The first kappa shape index (κ1) is 20.3. The van der Waals surface area contributed by atoms with Crippen LogP contribution in [0.25, 0.3) is 0 Å². The van der Waals surface area contributed by atoms with Gasteiger partial charge in [-0.1, -0.05) is 25.0 Å². The fraction of sp³-hybridized carbons (Fsp3) is 0.667. The monoisotopic (exact) mass is 393 g/mol. The fourth-order valence-corrected chi connectivity index (χ4v) is 5.08. The Morgan fingerprint density at radius 1 is 1.07 bits per heavy atom. The standard InChI is InChI=1S/C21H31NO4S/c1-21(16-6-4-5-7-16,17-8-10-19(11-9-17)27(3,24)25)20(23)26-18-12-14-22(2)15-13-18/h8-11,16,18H,4-7,12-15H2,1-3H3. The highest BCUT2D eigenvalue weighted by Crippen LogP contribution is 2.43. The molecule has 0 aromatic heterocycles. The highest BCUT2D eigenvalue weighted by Gasteiger charge is 2.46. The molecule has 2 fully saturated rings. The summed E-state index contributed by atoms with van der Waals surface area (Å²) < 4.78 is 29.5. The van der Waals surface area contributed by atoms with Crippen LogP contribution >= 0.6 is 0 Å². The summed E-state index contributed by atoms with van der Waals surface area (Å²) in [4.78, 5) is 15.9. The molecule has 27 heavy (non-hydrogen) atoms. The molecule has 0 spiro atoms. The lowest BCUT2D eigenvalue weighted by molar-refractivity contribution is -0.160. The molecule has 6 heteroatoms. The Kier molecular flexibility index (Phi) is 5.96. The minimum atomic E-state index is -3.25. The van der Waals surface area contributed by atoms with E-state index in [9.17, 15) is 13.2 Å². The highest BCUT2D eigenvalue weighted by atomic mass is 32.2. The summed E-state index contributed by atoms with van der Waals surface area (Å²) >= 11 is 0. The van der Waals surface area contributed by atoms with Gasteiger partial charge in [-0.3, -0.25) is 4.79 Å². The van der Waals surface area contributed by atoms with Gasteiger partial charge >= 0.3 is 5.97 Å². The number of piperidine rings is 1. The third-order valence-corrected chi connectivity index (χ3v) is 7.55. The van der Waals surface area contributed by atoms with Gasteiger partial charge in [-0.15, -0.1) is 0 Å². The van der Waals surface area contributed by atoms with Crippen molar-refractivity contribution in [3.05, 3.63) is 29.8 Å². The Morgan fingerprint density at radius 2 is 1.63 bits per heavy atom. The number of nitrogens with zero attached hydrogens (tertiary/aromatic N) is 1. The second kappa shape index (κ2) is 7.92. The van der Waals surface area contributed by atoms with Crippen LogP contribution in [0.15, 0.2) is 29.2 Å². The van der Waals surface area contributed by atoms with E-state index in [1.807, 2.05) is 6.92 Å². The lowest BCUT2D eigenvalue weighted by Gasteiger charge is -2.37. The Labute approximate surface area is 163 Å². The summed E-state index contributed by atoms with van der Waals surface area (Å²) in [5.41, 5.74) is 0.135. The van der Waals surface area contributed by atoms with Gasteiger partial charge in [0.1, 0.15) is 6.10 Å². The predicted octanol–water partition coefficient (Wildman–Crippen LogP) is 3.18. The molecule has 150 valence electrons. The number of hydrogen-bond donors (Lipinski definition) is 0. The number of benzene rings is 1. The van der Waals surface area contributed by atoms with Crippen LogP contribution in [-0.2, 0) is 24.8 Å². The van der Waals surface area contributed by atoms with Gasteiger partial charge in [-0.25, -0.2) is 8.42 Å². The number of hydrogen-bond acceptors (Lipinski definition) is 5. The first-order valence-electron chi connectivity index (χ1n) is 9.91. The van der Waals surface area contributed by atoms with Crippen molar-refractivity contribution in [2.45, 2.75) is 61.9 Å². The van der Waals surface area contributed by atoms with Gasteiger partial charge in [0, 0.05) is 19.3 Å². The van der Waals surface area contributed by atoms with Crippen molar-refractivity contribution in [1.29, 1.82) is 0 Å². The summed E-state index contributed by atoms with van der Waals surface area (Å²) in [5.74, 6) is 0.0800. The van der Waals surface area contributed by atoms with Crippen molar-refractivity contribution >= 4 is 15.8 Å². The van der Waals surface area contributed by atoms with Crippen LogP contribution in [0, 0.1) is 5.92 Å². The van der Waals surface area contributed by atoms with E-state index in [4.69, 9.17) is 4.74 Å². The molecule has 0 amide bonds. The number of carbonyl (C=O) groups is 1. The van der Waals surface area contributed by atoms with E-state index >= 15 is 0 Å². The molecule has 1 aliphatic carbocycles. The van der Waals surface area contributed by atoms with E-state index < -0.39 is 15.3 Å². The van der Waals surface area contributed by atoms with Crippen LogP contribution in [0.2, 0.25) is 0 Å². The molecule has 1 saturated heterocycles. The quantitative estimate of drug-likeness (QED) is 0.719. The normalized spacial score (nSPS) is 22.5. The van der Waals surface area contributed by atoms with E-state index in [0.29, 0.717) is 0 Å². The van der Waals surface area contributed by atoms with Gasteiger partial charge in [0.15, 0.2) is 9.84 Å². The Bertz CT molecular complexity index is 760. The van der Waals surface area contributed by atoms with Crippen molar-refractivity contribution in [2.24, 2.45) is 5.92 Å². The topological polar surface area (TPSA) is 63.7 Å². The van der Waals surface area contributed by atoms with E-state index in [0.717, 1.165) is 57.2 Å². The minimum absolute atomic E-state index is 0.0234. The molecule has 1 unspecified atom stereocenters. The zero-order valence-electron chi connectivity index (χ0n) is 16.6. The molecule has 0 N–H and O–H groups in total. The second-order valence-corrected chi connectivity index (χ2v) is 10.4. The summed E-state index contributed by atoms with van der Waals surface area (Å²) in [6, 6.07) is 6.82. The van der Waals surface area contributed by atoms with Crippen LogP contribution < -0.4 is 0 Å². The Morgan fingerprint density at radius 3 is 2.15 bits per heavy atom. The third-order valence-electron chi connectivity index (χ3n) is 6.42. The number of carbonyl (C=O) groups excluding carboxylic acids is 1. The number of esters is 1. The molecular formula is C21H31NO4S. The molecule has 0 radical (unpaired) electrons. The minimum Gasteiger partial charge on any atom is -0.462 e. The van der Waals surface area contributed by atoms with E-state index in [1.165, 1.54) is 6.26 Å². The molecule has 1 aromatic carbocycles.